The number of aryl methyl sites for hydroxylation is 1. The third-order valence-electron chi connectivity index (χ3n) is 6.19. The normalized spacial score (nSPS) is 14.8. The van der Waals surface area contributed by atoms with Crippen molar-refractivity contribution >= 4 is 16.8 Å². The molecule has 2 heterocycles. The molecule has 0 saturated carbocycles. The van der Waals surface area contributed by atoms with E-state index in [1.807, 2.05) is 19.1 Å². The predicted molar refractivity (Wildman–Crippen MR) is 123 cm³/mol. The number of carbonyl (C=O) groups is 1. The summed E-state index contributed by atoms with van der Waals surface area (Å²) in [4.78, 5) is 18.4. The van der Waals surface area contributed by atoms with Crippen LogP contribution in [-0.4, -0.2) is 49.1 Å². The van der Waals surface area contributed by atoms with Gasteiger partial charge in [0.1, 0.15) is 11.5 Å². The first-order valence-corrected chi connectivity index (χ1v) is 10.9. The lowest BCUT2D eigenvalue weighted by atomic mass is 9.99. The summed E-state index contributed by atoms with van der Waals surface area (Å²) < 4.78 is 10.8. The number of aromatic amines is 1. The van der Waals surface area contributed by atoms with E-state index in [0.29, 0.717) is 6.54 Å². The number of fused-ring (bicyclic) bond motifs is 2. The largest absolute Gasteiger partial charge is 0.497 e. The number of amides is 1. The van der Waals surface area contributed by atoms with Gasteiger partial charge in [-0.2, -0.15) is 0 Å². The van der Waals surface area contributed by atoms with Gasteiger partial charge in [0.05, 0.1) is 25.8 Å². The molecule has 0 fully saturated rings. The summed E-state index contributed by atoms with van der Waals surface area (Å²) in [6.45, 7) is 4.42. The Morgan fingerprint density at radius 2 is 1.97 bits per heavy atom. The van der Waals surface area contributed by atoms with E-state index in [2.05, 4.69) is 45.5 Å². The van der Waals surface area contributed by atoms with Gasteiger partial charge >= 0.3 is 0 Å². The molecule has 0 saturated heterocycles. The Balaban J connectivity index is 1.28. The second-order valence-corrected chi connectivity index (χ2v) is 8.15. The van der Waals surface area contributed by atoms with Crippen molar-refractivity contribution < 1.29 is 14.3 Å². The Labute approximate surface area is 183 Å². The van der Waals surface area contributed by atoms with E-state index >= 15 is 0 Å². The zero-order chi connectivity index (χ0) is 21.8. The maximum atomic E-state index is 12.7. The van der Waals surface area contributed by atoms with Gasteiger partial charge in [0.2, 0.25) is 5.91 Å². The molecule has 0 bridgehead atoms. The molecule has 4 rings (SSSR count). The first-order chi connectivity index (χ1) is 15.1. The van der Waals surface area contributed by atoms with Crippen LogP contribution in [0, 0.1) is 0 Å². The van der Waals surface area contributed by atoms with Crippen LogP contribution in [0.2, 0.25) is 0 Å². The lowest BCUT2D eigenvalue weighted by Gasteiger charge is -2.32. The number of nitrogens with one attached hydrogen (secondary N) is 2. The molecule has 1 aliphatic rings. The molecule has 164 valence electrons. The summed E-state index contributed by atoms with van der Waals surface area (Å²) in [6, 6.07) is 14.4. The van der Waals surface area contributed by atoms with Crippen molar-refractivity contribution in [2.75, 3.05) is 27.3 Å². The van der Waals surface area contributed by atoms with Gasteiger partial charge in [-0.1, -0.05) is 24.3 Å². The summed E-state index contributed by atoms with van der Waals surface area (Å²) in [5.41, 5.74) is 4.85. The van der Waals surface area contributed by atoms with E-state index in [0.717, 1.165) is 60.4 Å². The third-order valence-corrected chi connectivity index (χ3v) is 6.19. The van der Waals surface area contributed by atoms with Crippen molar-refractivity contribution in [3.63, 3.8) is 0 Å². The minimum absolute atomic E-state index is 0.0995. The fraction of sp³-hybridized carbons (Fsp3) is 0.400. The highest BCUT2D eigenvalue weighted by Gasteiger charge is 2.24. The van der Waals surface area contributed by atoms with Gasteiger partial charge in [0.15, 0.2) is 0 Å². The van der Waals surface area contributed by atoms with Crippen molar-refractivity contribution in [2.24, 2.45) is 0 Å². The number of ether oxygens (including phenoxy) is 2. The van der Waals surface area contributed by atoms with Crippen LogP contribution in [-0.2, 0) is 24.2 Å². The van der Waals surface area contributed by atoms with Crippen LogP contribution in [0.4, 0.5) is 0 Å². The molecule has 6 nitrogen and oxygen atoms in total. The summed E-state index contributed by atoms with van der Waals surface area (Å²) in [5.74, 6) is 1.66. The fourth-order valence-electron chi connectivity index (χ4n) is 4.31. The standard InChI is InChI=1S/C25H31N3O3/c1-17(28-12-10-18-7-4-5-8-19(18)16-28)25(29)26-11-6-9-20-13-22-23(27-20)14-21(30-2)15-24(22)31-3/h4-5,7-8,13-15,17,27H,6,9-12,16H2,1-3H3,(H,26,29)/t17-/m0/s1. The molecule has 0 radical (unpaired) electrons. The maximum absolute atomic E-state index is 12.7. The lowest BCUT2D eigenvalue weighted by molar-refractivity contribution is -0.126. The number of aromatic nitrogens is 1. The topological polar surface area (TPSA) is 66.6 Å². The Kier molecular flexibility index (Phi) is 6.47. The fourth-order valence-corrected chi connectivity index (χ4v) is 4.31. The molecule has 2 aromatic carbocycles. The van der Waals surface area contributed by atoms with Crippen molar-refractivity contribution in [2.45, 2.75) is 38.8 Å². The molecule has 0 spiro atoms. The highest BCUT2D eigenvalue weighted by Crippen LogP contribution is 2.31. The van der Waals surface area contributed by atoms with Crippen LogP contribution in [0.25, 0.3) is 10.9 Å². The van der Waals surface area contributed by atoms with Gasteiger partial charge in [-0.05, 0) is 43.4 Å². The maximum Gasteiger partial charge on any atom is 0.237 e. The average molecular weight is 422 g/mol. The number of carbonyl (C=O) groups excluding carboxylic acids is 1. The lowest BCUT2D eigenvalue weighted by Crippen LogP contribution is -2.47. The Bertz CT molecular complexity index is 1060. The molecule has 0 aliphatic carbocycles. The Morgan fingerprint density at radius 3 is 2.74 bits per heavy atom. The second kappa shape index (κ2) is 9.43. The molecule has 1 aliphatic heterocycles. The Hall–Kier alpha value is -2.99. The average Bonchev–Trinajstić information content (AvgIpc) is 3.23. The number of benzene rings is 2. The van der Waals surface area contributed by atoms with Gasteiger partial charge in [-0.3, -0.25) is 9.69 Å². The molecule has 6 heteroatoms. The minimum atomic E-state index is -0.127. The number of H-pyrrole nitrogens is 1. The molecule has 1 amide bonds. The molecule has 1 aromatic heterocycles. The second-order valence-electron chi connectivity index (χ2n) is 8.15. The molecule has 1 atom stereocenters. The number of methoxy groups -OCH3 is 2. The van der Waals surface area contributed by atoms with Crippen LogP contribution < -0.4 is 14.8 Å². The summed E-state index contributed by atoms with van der Waals surface area (Å²) in [6.07, 6.45) is 2.72. The van der Waals surface area contributed by atoms with Gasteiger partial charge < -0.3 is 19.8 Å². The van der Waals surface area contributed by atoms with E-state index in [-0.39, 0.29) is 11.9 Å². The smallest absolute Gasteiger partial charge is 0.237 e. The third kappa shape index (κ3) is 4.69. The van der Waals surface area contributed by atoms with Crippen molar-refractivity contribution in [3.05, 3.63) is 59.3 Å². The van der Waals surface area contributed by atoms with Crippen molar-refractivity contribution in [3.8, 4) is 11.5 Å². The first kappa shape index (κ1) is 21.2. The van der Waals surface area contributed by atoms with Gasteiger partial charge in [0.25, 0.3) is 0 Å². The van der Waals surface area contributed by atoms with Crippen LogP contribution in [0.15, 0.2) is 42.5 Å². The van der Waals surface area contributed by atoms with Gasteiger partial charge in [-0.25, -0.2) is 0 Å². The zero-order valence-electron chi connectivity index (χ0n) is 18.5. The minimum Gasteiger partial charge on any atom is -0.497 e. The highest BCUT2D eigenvalue weighted by atomic mass is 16.5. The van der Waals surface area contributed by atoms with E-state index in [9.17, 15) is 4.79 Å². The SMILES string of the molecule is COc1cc(OC)c2cc(CCCNC(=O)[C@H](C)N3CCc4ccccc4C3)[nH]c2c1. The molecular weight excluding hydrogens is 390 g/mol. The quantitative estimate of drug-likeness (QED) is 0.545. The number of nitrogens with zero attached hydrogens (tertiary/aromatic N) is 1. The summed E-state index contributed by atoms with van der Waals surface area (Å²) in [7, 11) is 3.31. The number of hydrogen-bond acceptors (Lipinski definition) is 4. The van der Waals surface area contributed by atoms with E-state index in [1.54, 1.807) is 14.2 Å². The molecular formula is C25H31N3O3. The predicted octanol–water partition coefficient (Wildman–Crippen LogP) is 3.68. The first-order valence-electron chi connectivity index (χ1n) is 10.9. The Morgan fingerprint density at radius 1 is 1.16 bits per heavy atom. The van der Waals surface area contributed by atoms with Gasteiger partial charge in [-0.15, -0.1) is 0 Å². The van der Waals surface area contributed by atoms with Crippen LogP contribution >= 0.6 is 0 Å². The molecule has 3 aromatic rings. The van der Waals surface area contributed by atoms with Crippen LogP contribution in [0.1, 0.15) is 30.2 Å². The highest BCUT2D eigenvalue weighted by molar-refractivity contribution is 5.88. The molecule has 0 unspecified atom stereocenters. The van der Waals surface area contributed by atoms with Crippen molar-refractivity contribution in [1.82, 2.24) is 15.2 Å². The number of hydrogen-bond donors (Lipinski definition) is 2. The van der Waals surface area contributed by atoms with Gasteiger partial charge in [0, 0.05) is 42.8 Å². The molecule has 2 N–H and O–H groups in total. The van der Waals surface area contributed by atoms with Crippen molar-refractivity contribution in [1.29, 1.82) is 0 Å². The number of rotatable bonds is 8. The summed E-state index contributed by atoms with van der Waals surface area (Å²) in [5, 5.41) is 4.15. The monoisotopic (exact) mass is 421 g/mol. The van der Waals surface area contributed by atoms with E-state index in [1.165, 1.54) is 11.1 Å². The van der Waals surface area contributed by atoms with Crippen LogP contribution in [0.3, 0.4) is 0 Å². The zero-order valence-corrected chi connectivity index (χ0v) is 18.5. The van der Waals surface area contributed by atoms with E-state index in [4.69, 9.17) is 9.47 Å². The van der Waals surface area contributed by atoms with Crippen LogP contribution in [0.5, 0.6) is 11.5 Å². The van der Waals surface area contributed by atoms with E-state index < -0.39 is 0 Å². The summed E-state index contributed by atoms with van der Waals surface area (Å²) >= 11 is 0. The molecule has 31 heavy (non-hydrogen) atoms.